The summed E-state index contributed by atoms with van der Waals surface area (Å²) in [6, 6.07) is 15.5. The molecule has 1 N–H and O–H groups in total. The lowest BCUT2D eigenvalue weighted by Gasteiger charge is -2.31. The Morgan fingerprint density at radius 2 is 1.90 bits per heavy atom. The van der Waals surface area contributed by atoms with E-state index >= 15 is 0 Å². The number of rotatable bonds is 6. The third-order valence-electron chi connectivity index (χ3n) is 5.14. The zero-order valence-corrected chi connectivity index (χ0v) is 16.9. The SMILES string of the molecule is CCCC1=C(C(=O)OCC)[C@H](c2ccc(OC)cc2)n2c(nc3ccccc32)N1. The van der Waals surface area contributed by atoms with Crippen LogP contribution in [0.15, 0.2) is 59.8 Å². The number of allylic oxidation sites excluding steroid dienone is 1. The number of nitrogens with one attached hydrogen (secondary N) is 1. The van der Waals surface area contributed by atoms with Crippen molar-refractivity contribution >= 4 is 23.0 Å². The van der Waals surface area contributed by atoms with Crippen molar-refractivity contribution in [3.8, 4) is 5.75 Å². The molecule has 150 valence electrons. The standard InChI is InChI=1S/C23H25N3O3/c1-4-8-18-20(22(27)29-5-2)21(15-11-13-16(28-3)14-12-15)26-19-10-7-6-9-17(19)24-23(26)25-18/h6-7,9-14,21H,4-5,8H2,1-3H3,(H,24,25)/t21-/m0/s1. The predicted octanol–water partition coefficient (Wildman–Crippen LogP) is 4.68. The number of anilines is 1. The van der Waals surface area contributed by atoms with Gasteiger partial charge in [-0.15, -0.1) is 0 Å². The van der Waals surface area contributed by atoms with Crippen LogP contribution in [-0.2, 0) is 9.53 Å². The average molecular weight is 391 g/mol. The van der Waals surface area contributed by atoms with Gasteiger partial charge >= 0.3 is 5.97 Å². The molecule has 0 fully saturated rings. The fourth-order valence-corrected chi connectivity index (χ4v) is 3.88. The minimum atomic E-state index is -0.329. The molecule has 0 saturated heterocycles. The molecule has 29 heavy (non-hydrogen) atoms. The van der Waals surface area contributed by atoms with Gasteiger partial charge in [0.05, 0.1) is 36.4 Å². The van der Waals surface area contributed by atoms with Crippen LogP contribution in [0.1, 0.15) is 38.3 Å². The van der Waals surface area contributed by atoms with Gasteiger partial charge in [0.15, 0.2) is 0 Å². The molecule has 6 heteroatoms. The molecule has 0 radical (unpaired) electrons. The predicted molar refractivity (Wildman–Crippen MR) is 113 cm³/mol. The van der Waals surface area contributed by atoms with Gasteiger partial charge < -0.3 is 14.8 Å². The molecule has 1 aliphatic heterocycles. The molecule has 6 nitrogen and oxygen atoms in total. The number of hydrogen-bond acceptors (Lipinski definition) is 5. The summed E-state index contributed by atoms with van der Waals surface area (Å²) in [6.45, 7) is 4.25. The topological polar surface area (TPSA) is 65.4 Å². The first-order valence-corrected chi connectivity index (χ1v) is 9.96. The van der Waals surface area contributed by atoms with Crippen LogP contribution < -0.4 is 10.1 Å². The molecular formula is C23H25N3O3. The van der Waals surface area contributed by atoms with Crippen LogP contribution in [0.5, 0.6) is 5.75 Å². The molecule has 0 aliphatic carbocycles. The number of para-hydroxylation sites is 2. The lowest BCUT2D eigenvalue weighted by Crippen LogP contribution is -2.29. The Morgan fingerprint density at radius 1 is 1.14 bits per heavy atom. The monoisotopic (exact) mass is 391 g/mol. The van der Waals surface area contributed by atoms with Crippen molar-refractivity contribution < 1.29 is 14.3 Å². The van der Waals surface area contributed by atoms with E-state index in [0.29, 0.717) is 12.2 Å². The molecule has 0 bridgehead atoms. The third-order valence-corrected chi connectivity index (χ3v) is 5.14. The fraction of sp³-hybridized carbons (Fsp3) is 0.304. The summed E-state index contributed by atoms with van der Waals surface area (Å²) in [6.07, 6.45) is 1.64. The quantitative estimate of drug-likeness (QED) is 0.618. The maximum Gasteiger partial charge on any atom is 0.338 e. The van der Waals surface area contributed by atoms with E-state index in [0.717, 1.165) is 46.8 Å². The number of methoxy groups -OCH3 is 1. The molecule has 2 aromatic carbocycles. The van der Waals surface area contributed by atoms with Crippen molar-refractivity contribution in [3.05, 3.63) is 65.4 Å². The summed E-state index contributed by atoms with van der Waals surface area (Å²) < 4.78 is 12.9. The molecule has 2 heterocycles. The normalized spacial score (nSPS) is 15.8. The summed E-state index contributed by atoms with van der Waals surface area (Å²) in [7, 11) is 1.64. The number of benzene rings is 2. The Bertz CT molecular complexity index is 1070. The zero-order valence-electron chi connectivity index (χ0n) is 16.9. The van der Waals surface area contributed by atoms with Crippen LogP contribution in [0.4, 0.5) is 5.95 Å². The molecular weight excluding hydrogens is 366 g/mol. The van der Waals surface area contributed by atoms with Gasteiger partial charge in [0.1, 0.15) is 5.75 Å². The first kappa shape index (κ1) is 19.1. The van der Waals surface area contributed by atoms with Crippen LogP contribution in [-0.4, -0.2) is 29.2 Å². The van der Waals surface area contributed by atoms with E-state index in [1.54, 1.807) is 7.11 Å². The number of aromatic nitrogens is 2. The zero-order chi connectivity index (χ0) is 20.4. The first-order chi connectivity index (χ1) is 14.2. The van der Waals surface area contributed by atoms with E-state index in [9.17, 15) is 4.79 Å². The van der Waals surface area contributed by atoms with Gasteiger partial charge in [0.2, 0.25) is 5.95 Å². The number of ether oxygens (including phenoxy) is 2. The minimum Gasteiger partial charge on any atom is -0.497 e. The van der Waals surface area contributed by atoms with E-state index in [-0.39, 0.29) is 12.0 Å². The molecule has 0 saturated carbocycles. The number of carbonyl (C=O) groups excluding carboxylic acids is 1. The van der Waals surface area contributed by atoms with Gasteiger partial charge in [0, 0.05) is 5.70 Å². The summed E-state index contributed by atoms with van der Waals surface area (Å²) in [5.41, 5.74) is 4.33. The van der Waals surface area contributed by atoms with Crippen LogP contribution in [0.2, 0.25) is 0 Å². The summed E-state index contributed by atoms with van der Waals surface area (Å²) in [5.74, 6) is 1.21. The van der Waals surface area contributed by atoms with Crippen molar-refractivity contribution in [2.45, 2.75) is 32.7 Å². The lowest BCUT2D eigenvalue weighted by atomic mass is 9.93. The van der Waals surface area contributed by atoms with Gasteiger partial charge in [-0.25, -0.2) is 9.78 Å². The van der Waals surface area contributed by atoms with Crippen LogP contribution in [0, 0.1) is 0 Å². The molecule has 1 aromatic heterocycles. The molecule has 3 aromatic rings. The second-order valence-corrected chi connectivity index (χ2v) is 6.96. The Morgan fingerprint density at radius 3 is 2.59 bits per heavy atom. The Balaban J connectivity index is 1.96. The molecule has 0 unspecified atom stereocenters. The van der Waals surface area contributed by atoms with Crippen molar-refractivity contribution in [2.24, 2.45) is 0 Å². The minimum absolute atomic E-state index is 0.298. The fourth-order valence-electron chi connectivity index (χ4n) is 3.88. The number of imidazole rings is 1. The van der Waals surface area contributed by atoms with Gasteiger partial charge in [-0.05, 0) is 43.2 Å². The number of esters is 1. The van der Waals surface area contributed by atoms with Crippen molar-refractivity contribution in [1.82, 2.24) is 9.55 Å². The summed E-state index contributed by atoms with van der Waals surface area (Å²) >= 11 is 0. The van der Waals surface area contributed by atoms with Crippen LogP contribution >= 0.6 is 0 Å². The highest BCUT2D eigenvalue weighted by Crippen LogP contribution is 2.40. The van der Waals surface area contributed by atoms with E-state index in [1.807, 2.05) is 55.5 Å². The number of nitrogens with zero attached hydrogens (tertiary/aromatic N) is 2. The maximum absolute atomic E-state index is 13.1. The van der Waals surface area contributed by atoms with Crippen molar-refractivity contribution in [3.63, 3.8) is 0 Å². The molecule has 1 atom stereocenters. The van der Waals surface area contributed by atoms with E-state index in [2.05, 4.69) is 16.8 Å². The van der Waals surface area contributed by atoms with Crippen molar-refractivity contribution in [2.75, 3.05) is 19.0 Å². The molecule has 0 spiro atoms. The number of hydrogen-bond donors (Lipinski definition) is 1. The third kappa shape index (κ3) is 3.35. The maximum atomic E-state index is 13.1. The van der Waals surface area contributed by atoms with Gasteiger partial charge in [-0.3, -0.25) is 4.57 Å². The van der Waals surface area contributed by atoms with E-state index in [4.69, 9.17) is 14.5 Å². The largest absolute Gasteiger partial charge is 0.497 e. The molecule has 4 rings (SSSR count). The van der Waals surface area contributed by atoms with Gasteiger partial charge in [-0.1, -0.05) is 37.6 Å². The van der Waals surface area contributed by atoms with E-state index in [1.165, 1.54) is 0 Å². The van der Waals surface area contributed by atoms with Gasteiger partial charge in [0.25, 0.3) is 0 Å². The Hall–Kier alpha value is -3.28. The smallest absolute Gasteiger partial charge is 0.338 e. The Kier molecular flexibility index (Phi) is 5.25. The molecule has 1 aliphatic rings. The summed E-state index contributed by atoms with van der Waals surface area (Å²) in [5, 5.41) is 3.40. The first-order valence-electron chi connectivity index (χ1n) is 9.96. The van der Waals surface area contributed by atoms with E-state index < -0.39 is 0 Å². The molecule has 0 amide bonds. The number of carbonyl (C=O) groups is 1. The highest BCUT2D eigenvalue weighted by atomic mass is 16.5. The Labute approximate surface area is 170 Å². The summed E-state index contributed by atoms with van der Waals surface area (Å²) in [4.78, 5) is 17.9. The van der Waals surface area contributed by atoms with Gasteiger partial charge in [-0.2, -0.15) is 0 Å². The highest BCUT2D eigenvalue weighted by Gasteiger charge is 2.35. The van der Waals surface area contributed by atoms with Crippen LogP contribution in [0.3, 0.4) is 0 Å². The second kappa shape index (κ2) is 7.99. The lowest BCUT2D eigenvalue weighted by molar-refractivity contribution is -0.139. The van der Waals surface area contributed by atoms with Crippen molar-refractivity contribution in [1.29, 1.82) is 0 Å². The number of fused-ring (bicyclic) bond motifs is 3. The van der Waals surface area contributed by atoms with Crippen LogP contribution in [0.25, 0.3) is 11.0 Å². The highest BCUT2D eigenvalue weighted by molar-refractivity contribution is 5.94. The average Bonchev–Trinajstić information content (AvgIpc) is 3.11. The second-order valence-electron chi connectivity index (χ2n) is 6.96.